The molecule has 0 aliphatic heterocycles. The second-order valence-corrected chi connectivity index (χ2v) is 7.41. The van der Waals surface area contributed by atoms with E-state index in [0.29, 0.717) is 5.89 Å². The van der Waals surface area contributed by atoms with Crippen molar-refractivity contribution < 1.29 is 22.4 Å². The highest BCUT2D eigenvalue weighted by atomic mass is 32.2. The van der Waals surface area contributed by atoms with E-state index in [1.165, 1.54) is 23.5 Å². The van der Waals surface area contributed by atoms with E-state index in [0.717, 1.165) is 28.8 Å². The summed E-state index contributed by atoms with van der Waals surface area (Å²) in [7, 11) is 0. The van der Waals surface area contributed by atoms with Crippen LogP contribution in [0.2, 0.25) is 0 Å². The summed E-state index contributed by atoms with van der Waals surface area (Å²) in [6.45, 7) is 1.64. The molecular formula is C16H12F3N3O2S2. The number of carbonyl (C=O) groups is 1. The van der Waals surface area contributed by atoms with Gasteiger partial charge < -0.3 is 9.73 Å². The van der Waals surface area contributed by atoms with Gasteiger partial charge in [-0.2, -0.15) is 13.2 Å². The van der Waals surface area contributed by atoms with Crippen molar-refractivity contribution in [3.05, 3.63) is 47.3 Å². The minimum absolute atomic E-state index is 0.239. The van der Waals surface area contributed by atoms with Gasteiger partial charge in [0.2, 0.25) is 5.91 Å². The van der Waals surface area contributed by atoms with Crippen molar-refractivity contribution in [2.24, 2.45) is 0 Å². The fourth-order valence-corrected chi connectivity index (χ4v) is 3.28. The van der Waals surface area contributed by atoms with Gasteiger partial charge in [-0.05, 0) is 42.6 Å². The van der Waals surface area contributed by atoms with Crippen molar-refractivity contribution in [3.8, 4) is 10.8 Å². The SMILES string of the molecule is C[C@@H](Sc1nnc(-c2cccs2)o1)C(=O)Nc1ccc(C(F)(F)F)cc1. The Morgan fingerprint density at radius 3 is 2.58 bits per heavy atom. The summed E-state index contributed by atoms with van der Waals surface area (Å²) in [5.41, 5.74) is -0.495. The van der Waals surface area contributed by atoms with Crippen molar-refractivity contribution in [2.75, 3.05) is 5.32 Å². The number of hydrogen-bond donors (Lipinski definition) is 1. The highest BCUT2D eigenvalue weighted by Crippen LogP contribution is 2.31. The molecule has 3 rings (SSSR count). The molecule has 2 heterocycles. The van der Waals surface area contributed by atoms with Crippen LogP contribution in [0.15, 0.2) is 51.4 Å². The molecule has 1 N–H and O–H groups in total. The lowest BCUT2D eigenvalue weighted by Gasteiger charge is -2.11. The Bertz CT molecular complexity index is 877. The number of benzene rings is 1. The van der Waals surface area contributed by atoms with E-state index in [1.807, 2.05) is 17.5 Å². The van der Waals surface area contributed by atoms with Crippen LogP contribution in [0.4, 0.5) is 18.9 Å². The maximum Gasteiger partial charge on any atom is 0.416 e. The van der Waals surface area contributed by atoms with E-state index in [4.69, 9.17) is 4.42 Å². The van der Waals surface area contributed by atoms with Crippen LogP contribution in [0.25, 0.3) is 10.8 Å². The first-order chi connectivity index (χ1) is 12.3. The maximum absolute atomic E-state index is 12.5. The number of carbonyl (C=O) groups excluding carboxylic acids is 1. The number of hydrogen-bond acceptors (Lipinski definition) is 6. The quantitative estimate of drug-likeness (QED) is 0.616. The molecule has 0 saturated heterocycles. The molecule has 0 aliphatic rings. The summed E-state index contributed by atoms with van der Waals surface area (Å²) in [6, 6.07) is 7.95. The maximum atomic E-state index is 12.5. The predicted molar refractivity (Wildman–Crippen MR) is 93.0 cm³/mol. The van der Waals surface area contributed by atoms with Gasteiger partial charge in [0.15, 0.2) is 0 Å². The van der Waals surface area contributed by atoms with Gasteiger partial charge in [0.05, 0.1) is 15.7 Å². The first-order valence-electron chi connectivity index (χ1n) is 7.35. The number of nitrogens with one attached hydrogen (secondary N) is 1. The Kier molecular flexibility index (Phi) is 5.33. The van der Waals surface area contributed by atoms with Crippen LogP contribution in [0.1, 0.15) is 12.5 Å². The Labute approximate surface area is 154 Å². The second kappa shape index (κ2) is 7.50. The predicted octanol–water partition coefficient (Wildman–Crippen LogP) is 4.94. The number of halogens is 3. The van der Waals surface area contributed by atoms with Crippen LogP contribution in [0.3, 0.4) is 0 Å². The molecule has 0 fully saturated rings. The molecule has 1 aromatic carbocycles. The summed E-state index contributed by atoms with van der Waals surface area (Å²) in [6.07, 6.45) is -4.41. The molecule has 1 amide bonds. The molecule has 10 heteroatoms. The fraction of sp³-hybridized carbons (Fsp3) is 0.188. The third-order valence-corrected chi connectivity index (χ3v) is 5.06. The van der Waals surface area contributed by atoms with Gasteiger partial charge in [-0.1, -0.05) is 17.8 Å². The van der Waals surface area contributed by atoms with Crippen LogP contribution in [-0.2, 0) is 11.0 Å². The third-order valence-electron chi connectivity index (χ3n) is 3.27. The zero-order chi connectivity index (χ0) is 18.7. The van der Waals surface area contributed by atoms with Crippen molar-refractivity contribution in [1.29, 1.82) is 0 Å². The van der Waals surface area contributed by atoms with Crippen LogP contribution in [0, 0.1) is 0 Å². The minimum atomic E-state index is -4.41. The summed E-state index contributed by atoms with van der Waals surface area (Å²) in [5, 5.41) is 11.9. The number of anilines is 1. The summed E-state index contributed by atoms with van der Waals surface area (Å²) in [4.78, 5) is 13.0. The minimum Gasteiger partial charge on any atom is -0.410 e. The molecule has 0 bridgehead atoms. The summed E-state index contributed by atoms with van der Waals surface area (Å²) in [5.74, 6) is -0.0107. The van der Waals surface area contributed by atoms with Crippen LogP contribution >= 0.6 is 23.1 Å². The van der Waals surface area contributed by atoms with E-state index in [9.17, 15) is 18.0 Å². The van der Waals surface area contributed by atoms with Crippen molar-refractivity contribution in [2.45, 2.75) is 23.6 Å². The first kappa shape index (κ1) is 18.5. The molecule has 0 aliphatic carbocycles. The zero-order valence-electron chi connectivity index (χ0n) is 13.3. The molecule has 26 heavy (non-hydrogen) atoms. The third kappa shape index (κ3) is 4.44. The smallest absolute Gasteiger partial charge is 0.410 e. The molecule has 3 aromatic rings. The lowest BCUT2D eigenvalue weighted by atomic mass is 10.2. The first-order valence-corrected chi connectivity index (χ1v) is 9.11. The van der Waals surface area contributed by atoms with E-state index < -0.39 is 17.0 Å². The molecule has 0 spiro atoms. The van der Waals surface area contributed by atoms with Crippen molar-refractivity contribution in [1.82, 2.24) is 10.2 Å². The molecule has 0 saturated carbocycles. The number of nitrogens with zero attached hydrogens (tertiary/aromatic N) is 2. The topological polar surface area (TPSA) is 68.0 Å². The highest BCUT2D eigenvalue weighted by molar-refractivity contribution is 8.00. The monoisotopic (exact) mass is 399 g/mol. The average molecular weight is 399 g/mol. The number of alkyl halides is 3. The van der Waals surface area contributed by atoms with E-state index in [-0.39, 0.29) is 16.8 Å². The van der Waals surface area contributed by atoms with E-state index in [1.54, 1.807) is 6.92 Å². The molecule has 1 atom stereocenters. The van der Waals surface area contributed by atoms with Gasteiger partial charge >= 0.3 is 6.18 Å². The van der Waals surface area contributed by atoms with Crippen LogP contribution in [0.5, 0.6) is 0 Å². The lowest BCUT2D eigenvalue weighted by Crippen LogP contribution is -2.22. The molecule has 2 aromatic heterocycles. The van der Waals surface area contributed by atoms with Crippen LogP contribution in [-0.4, -0.2) is 21.4 Å². The Balaban J connectivity index is 1.59. The number of aromatic nitrogens is 2. The number of thioether (sulfide) groups is 1. The zero-order valence-corrected chi connectivity index (χ0v) is 14.9. The van der Waals surface area contributed by atoms with Crippen molar-refractivity contribution in [3.63, 3.8) is 0 Å². The Morgan fingerprint density at radius 2 is 1.96 bits per heavy atom. The average Bonchev–Trinajstić information content (AvgIpc) is 3.25. The number of amides is 1. The van der Waals surface area contributed by atoms with Crippen LogP contribution < -0.4 is 5.32 Å². The highest BCUT2D eigenvalue weighted by Gasteiger charge is 2.30. The molecular weight excluding hydrogens is 387 g/mol. The molecule has 5 nitrogen and oxygen atoms in total. The molecule has 0 unspecified atom stereocenters. The van der Waals surface area contributed by atoms with Gasteiger partial charge in [-0.3, -0.25) is 4.79 Å². The van der Waals surface area contributed by atoms with Crippen molar-refractivity contribution >= 4 is 34.7 Å². The second-order valence-electron chi connectivity index (χ2n) is 5.17. The Hall–Kier alpha value is -2.33. The van der Waals surface area contributed by atoms with Gasteiger partial charge in [-0.25, -0.2) is 0 Å². The largest absolute Gasteiger partial charge is 0.416 e. The normalized spacial score (nSPS) is 12.8. The van der Waals surface area contributed by atoms with Gasteiger partial charge in [0.1, 0.15) is 0 Å². The Morgan fingerprint density at radius 1 is 1.23 bits per heavy atom. The summed E-state index contributed by atoms with van der Waals surface area (Å²) >= 11 is 2.52. The molecule has 0 radical (unpaired) electrons. The lowest BCUT2D eigenvalue weighted by molar-refractivity contribution is -0.137. The number of rotatable bonds is 5. The van der Waals surface area contributed by atoms with Gasteiger partial charge in [0.25, 0.3) is 11.1 Å². The summed E-state index contributed by atoms with van der Waals surface area (Å²) < 4.78 is 43.1. The van der Waals surface area contributed by atoms with E-state index >= 15 is 0 Å². The van der Waals surface area contributed by atoms with E-state index in [2.05, 4.69) is 15.5 Å². The fourth-order valence-electron chi connectivity index (χ4n) is 1.95. The number of thiophene rings is 1. The molecule has 136 valence electrons. The standard InChI is InChI=1S/C16H12F3N3O2S2/c1-9(26-15-22-21-14(24-15)12-3-2-8-25-12)13(23)20-11-6-4-10(5-7-11)16(17,18)19/h2-9H,1H3,(H,20,23)/t9-/m1/s1. The van der Waals surface area contributed by atoms with Gasteiger partial charge in [-0.15, -0.1) is 21.5 Å². The van der Waals surface area contributed by atoms with Gasteiger partial charge in [0, 0.05) is 5.69 Å².